The third-order valence-corrected chi connectivity index (χ3v) is 6.39. The maximum Gasteiger partial charge on any atom is 0.265 e. The highest BCUT2D eigenvalue weighted by Gasteiger charge is 2.33. The van der Waals surface area contributed by atoms with Gasteiger partial charge in [-0.2, -0.15) is 0 Å². The Bertz CT molecular complexity index is 932. The molecule has 138 valence electrons. The van der Waals surface area contributed by atoms with Crippen LogP contribution in [0.4, 0.5) is 11.4 Å². The van der Waals surface area contributed by atoms with Gasteiger partial charge in [0.25, 0.3) is 10.0 Å². The minimum atomic E-state index is -4.08. The molecule has 1 N–H and O–H groups in total. The molecule has 1 atom stereocenters. The average molecular weight is 460 g/mol. The molecule has 26 heavy (non-hydrogen) atoms. The summed E-state index contributed by atoms with van der Waals surface area (Å²) in [6, 6.07) is 11.2. The number of amides is 1. The molecule has 2 rings (SSSR count). The highest BCUT2D eigenvalue weighted by Crippen LogP contribution is 2.33. The molecule has 2 aromatic rings. The zero-order chi connectivity index (χ0) is 19.5. The normalized spacial score (nSPS) is 12.3. The van der Waals surface area contributed by atoms with Crippen LogP contribution < -0.4 is 9.62 Å². The number of para-hydroxylation sites is 1. The van der Waals surface area contributed by atoms with Gasteiger partial charge >= 0.3 is 0 Å². The first-order valence-corrected chi connectivity index (χ1v) is 10.1. The number of hydrogen-bond acceptors (Lipinski definition) is 4. The molecule has 2 aromatic carbocycles. The van der Waals surface area contributed by atoms with Crippen LogP contribution in [0.1, 0.15) is 13.8 Å². The van der Waals surface area contributed by atoms with Crippen molar-refractivity contribution in [3.63, 3.8) is 0 Å². The zero-order valence-electron chi connectivity index (χ0n) is 13.9. The van der Waals surface area contributed by atoms with E-state index in [2.05, 4.69) is 21.2 Å². The van der Waals surface area contributed by atoms with E-state index < -0.39 is 21.3 Å². The number of nitrogens with zero attached hydrogens (tertiary/aromatic N) is 1. The van der Waals surface area contributed by atoms with E-state index in [1.54, 1.807) is 24.3 Å². The van der Waals surface area contributed by atoms with Crippen molar-refractivity contribution in [2.75, 3.05) is 9.62 Å². The van der Waals surface area contributed by atoms with E-state index in [0.29, 0.717) is 15.8 Å². The maximum absolute atomic E-state index is 13.2. The van der Waals surface area contributed by atoms with Crippen molar-refractivity contribution in [3.05, 3.63) is 53.0 Å². The first-order chi connectivity index (χ1) is 12.1. The lowest BCUT2D eigenvalue weighted by molar-refractivity contribution is -0.114. The van der Waals surface area contributed by atoms with Crippen LogP contribution in [0.15, 0.2) is 57.9 Å². The summed E-state index contributed by atoms with van der Waals surface area (Å²) in [6.45, 7) is 2.77. The van der Waals surface area contributed by atoms with E-state index in [4.69, 9.17) is 11.6 Å². The quantitative estimate of drug-likeness (QED) is 0.667. The van der Waals surface area contributed by atoms with Crippen molar-refractivity contribution in [2.45, 2.75) is 24.8 Å². The van der Waals surface area contributed by atoms with Gasteiger partial charge in [0, 0.05) is 17.1 Å². The Hall–Kier alpha value is -1.90. The van der Waals surface area contributed by atoms with E-state index in [1.165, 1.54) is 38.1 Å². The second-order valence-corrected chi connectivity index (χ2v) is 8.48. The lowest BCUT2D eigenvalue weighted by Gasteiger charge is -2.29. The number of anilines is 2. The Balaban J connectivity index is 2.54. The van der Waals surface area contributed by atoms with Crippen LogP contribution in [-0.4, -0.2) is 25.6 Å². The average Bonchev–Trinajstić information content (AvgIpc) is 2.56. The second kappa shape index (κ2) is 8.20. The molecular formula is C17H16BrClN2O4S. The molecule has 0 aromatic heterocycles. The SMILES string of the molecule is CC(=O)Nc1ccc(S(=O)(=O)N(c2ccccc2Br)C(C)C(=O)Cl)cc1. The molecule has 0 saturated carbocycles. The van der Waals surface area contributed by atoms with E-state index in [0.717, 1.165) is 4.31 Å². The second-order valence-electron chi connectivity index (χ2n) is 5.44. The van der Waals surface area contributed by atoms with Gasteiger partial charge in [0.05, 0.1) is 10.6 Å². The van der Waals surface area contributed by atoms with Crippen molar-refractivity contribution in [3.8, 4) is 0 Å². The Labute approximate surface area is 165 Å². The van der Waals surface area contributed by atoms with Crippen molar-refractivity contribution >= 4 is 60.1 Å². The summed E-state index contributed by atoms with van der Waals surface area (Å²) in [5.74, 6) is -0.267. The molecule has 0 heterocycles. The Kier molecular flexibility index (Phi) is 6.44. The van der Waals surface area contributed by atoms with E-state index in [1.807, 2.05) is 0 Å². The molecule has 6 nitrogen and oxygen atoms in total. The van der Waals surface area contributed by atoms with Gasteiger partial charge in [-0.25, -0.2) is 8.42 Å². The molecule has 1 unspecified atom stereocenters. The number of hydrogen-bond donors (Lipinski definition) is 1. The summed E-state index contributed by atoms with van der Waals surface area (Å²) in [7, 11) is -4.08. The minimum absolute atomic E-state index is 0.0351. The summed E-state index contributed by atoms with van der Waals surface area (Å²) in [5, 5.41) is 1.76. The lowest BCUT2D eigenvalue weighted by atomic mass is 10.3. The van der Waals surface area contributed by atoms with Crippen molar-refractivity contribution < 1.29 is 18.0 Å². The predicted molar refractivity (Wildman–Crippen MR) is 105 cm³/mol. The fourth-order valence-electron chi connectivity index (χ4n) is 2.30. The highest BCUT2D eigenvalue weighted by molar-refractivity contribution is 9.10. The summed E-state index contributed by atoms with van der Waals surface area (Å²) in [5.41, 5.74) is 0.755. The van der Waals surface area contributed by atoms with Crippen LogP contribution in [0.3, 0.4) is 0 Å². The van der Waals surface area contributed by atoms with Crippen LogP contribution in [0.25, 0.3) is 0 Å². The number of halogens is 2. The first kappa shape index (κ1) is 20.4. The minimum Gasteiger partial charge on any atom is -0.326 e. The molecule has 0 aliphatic carbocycles. The molecule has 0 spiro atoms. The number of sulfonamides is 1. The third kappa shape index (κ3) is 4.44. The van der Waals surface area contributed by atoms with Gasteiger partial charge in [-0.15, -0.1) is 0 Å². The van der Waals surface area contributed by atoms with Gasteiger partial charge in [0.1, 0.15) is 6.04 Å². The summed E-state index contributed by atoms with van der Waals surface area (Å²) < 4.78 is 27.8. The molecule has 1 amide bonds. The summed E-state index contributed by atoms with van der Waals surface area (Å²) in [6.07, 6.45) is 0. The topological polar surface area (TPSA) is 83.6 Å². The number of rotatable bonds is 6. The molecule has 0 radical (unpaired) electrons. The number of carbonyl (C=O) groups excluding carboxylic acids is 2. The lowest BCUT2D eigenvalue weighted by Crippen LogP contribution is -2.42. The number of nitrogens with one attached hydrogen (secondary N) is 1. The monoisotopic (exact) mass is 458 g/mol. The predicted octanol–water partition coefficient (Wildman–Crippen LogP) is 3.76. The fraction of sp³-hybridized carbons (Fsp3) is 0.176. The van der Waals surface area contributed by atoms with Gasteiger partial charge in [-0.1, -0.05) is 12.1 Å². The van der Waals surface area contributed by atoms with Crippen molar-refractivity contribution in [2.24, 2.45) is 0 Å². The number of carbonyl (C=O) groups is 2. The molecule has 0 bridgehead atoms. The zero-order valence-corrected chi connectivity index (χ0v) is 17.1. The van der Waals surface area contributed by atoms with Gasteiger partial charge in [0.15, 0.2) is 0 Å². The van der Waals surface area contributed by atoms with E-state index in [-0.39, 0.29) is 10.8 Å². The van der Waals surface area contributed by atoms with Crippen LogP contribution in [0.5, 0.6) is 0 Å². The summed E-state index contributed by atoms with van der Waals surface area (Å²) >= 11 is 8.90. The first-order valence-electron chi connectivity index (χ1n) is 7.50. The largest absolute Gasteiger partial charge is 0.326 e. The van der Waals surface area contributed by atoms with E-state index in [9.17, 15) is 18.0 Å². The Morgan fingerprint density at radius 2 is 1.69 bits per heavy atom. The smallest absolute Gasteiger partial charge is 0.265 e. The Morgan fingerprint density at radius 3 is 2.19 bits per heavy atom. The van der Waals surface area contributed by atoms with Crippen LogP contribution >= 0.6 is 27.5 Å². The van der Waals surface area contributed by atoms with Crippen LogP contribution in [0, 0.1) is 0 Å². The van der Waals surface area contributed by atoms with Crippen molar-refractivity contribution in [1.29, 1.82) is 0 Å². The standard InChI is InChI=1S/C17H16BrClN2O4S/c1-11(17(19)23)21(16-6-4-3-5-15(16)18)26(24,25)14-9-7-13(8-10-14)20-12(2)22/h3-11H,1-2H3,(H,20,22). The number of benzene rings is 2. The fourth-order valence-corrected chi connectivity index (χ4v) is 4.68. The maximum atomic E-state index is 13.2. The summed E-state index contributed by atoms with van der Waals surface area (Å²) in [4.78, 5) is 22.8. The van der Waals surface area contributed by atoms with E-state index >= 15 is 0 Å². The molecule has 0 fully saturated rings. The molecule has 9 heteroatoms. The third-order valence-electron chi connectivity index (χ3n) is 3.50. The Morgan fingerprint density at radius 1 is 1.12 bits per heavy atom. The molecule has 0 aliphatic heterocycles. The highest BCUT2D eigenvalue weighted by atomic mass is 79.9. The molecule has 0 aliphatic rings. The van der Waals surface area contributed by atoms with Gasteiger partial charge in [-0.05, 0) is 70.9 Å². The van der Waals surface area contributed by atoms with Gasteiger partial charge in [-0.3, -0.25) is 13.9 Å². The van der Waals surface area contributed by atoms with Crippen molar-refractivity contribution in [1.82, 2.24) is 0 Å². The van der Waals surface area contributed by atoms with Crippen LogP contribution in [0.2, 0.25) is 0 Å². The van der Waals surface area contributed by atoms with Crippen LogP contribution in [-0.2, 0) is 19.6 Å². The van der Waals surface area contributed by atoms with Gasteiger partial charge in [0.2, 0.25) is 11.1 Å². The molecule has 0 saturated heterocycles. The molecular weight excluding hydrogens is 444 g/mol. The van der Waals surface area contributed by atoms with Gasteiger partial charge < -0.3 is 5.32 Å².